The molecule has 0 radical (unpaired) electrons. The average Bonchev–Trinajstić information content (AvgIpc) is 3.33. The quantitative estimate of drug-likeness (QED) is 0.698. The van der Waals surface area contributed by atoms with Gasteiger partial charge in [-0.2, -0.15) is 0 Å². The van der Waals surface area contributed by atoms with Gasteiger partial charge in [0.1, 0.15) is 17.5 Å². The minimum Gasteiger partial charge on any atom is -0.354 e. The molecule has 31 heavy (non-hydrogen) atoms. The highest BCUT2D eigenvalue weighted by molar-refractivity contribution is 7.99. The number of nitrogens with one attached hydrogen (secondary N) is 2. The average molecular weight is 438 g/mol. The highest BCUT2D eigenvalue weighted by Crippen LogP contribution is 2.48. The van der Waals surface area contributed by atoms with Crippen molar-refractivity contribution in [2.75, 3.05) is 12.3 Å². The van der Waals surface area contributed by atoms with Crippen molar-refractivity contribution in [1.29, 1.82) is 0 Å². The van der Waals surface area contributed by atoms with Gasteiger partial charge in [-0.25, -0.2) is 0 Å². The summed E-state index contributed by atoms with van der Waals surface area (Å²) in [4.78, 5) is 40.4. The van der Waals surface area contributed by atoms with Gasteiger partial charge in [0.05, 0.1) is 0 Å². The molecule has 2 aliphatic heterocycles. The molecule has 6 nitrogen and oxygen atoms in total. The van der Waals surface area contributed by atoms with Gasteiger partial charge in [0.2, 0.25) is 11.8 Å². The van der Waals surface area contributed by atoms with Gasteiger partial charge < -0.3 is 15.5 Å². The highest BCUT2D eigenvalue weighted by atomic mass is 32.2. The first-order valence-electron chi connectivity index (χ1n) is 10.6. The number of fused-ring (bicyclic) bond motifs is 3. The Bertz CT molecular complexity index is 979. The molecular weight excluding hydrogens is 410 g/mol. The third kappa shape index (κ3) is 4.32. The fourth-order valence-corrected chi connectivity index (χ4v) is 5.58. The minimum atomic E-state index is -0.646. The number of thioether (sulfide) groups is 1. The van der Waals surface area contributed by atoms with E-state index in [9.17, 15) is 14.4 Å². The number of hydrogen-bond donors (Lipinski definition) is 2. The molecule has 0 bridgehead atoms. The molecule has 3 amide bonds. The standard InChI is InChI=1S/C24H27N3O3S/c1-15(2)20(22(29)25-13-12-16-8-4-3-5-9-16)26-21(28)19-14-31-24-18-11-7-6-10-17(18)23(30)27(19)24/h3-11,15,19-20,24H,12-14H2,1-2H3,(H,25,29)(H,26,28)/t19-,20-,24+/m0/s1. The molecule has 0 saturated carbocycles. The van der Waals surface area contributed by atoms with Crippen LogP contribution in [-0.4, -0.2) is 47.0 Å². The van der Waals surface area contributed by atoms with Crippen LogP contribution < -0.4 is 10.6 Å². The van der Waals surface area contributed by atoms with Crippen molar-refractivity contribution >= 4 is 29.5 Å². The third-order valence-corrected chi connectivity index (χ3v) is 7.10. The Balaban J connectivity index is 1.38. The lowest BCUT2D eigenvalue weighted by Gasteiger charge is -2.27. The number of carbonyl (C=O) groups is 3. The van der Waals surface area contributed by atoms with Crippen LogP contribution in [0.1, 0.15) is 40.7 Å². The van der Waals surface area contributed by atoms with Crippen LogP contribution in [0.3, 0.4) is 0 Å². The van der Waals surface area contributed by atoms with E-state index in [1.165, 1.54) is 0 Å². The van der Waals surface area contributed by atoms with Crippen LogP contribution in [-0.2, 0) is 16.0 Å². The second kappa shape index (κ2) is 9.14. The topological polar surface area (TPSA) is 78.5 Å². The summed E-state index contributed by atoms with van der Waals surface area (Å²) in [6.45, 7) is 4.32. The van der Waals surface area contributed by atoms with Gasteiger partial charge in [-0.1, -0.05) is 62.4 Å². The molecule has 2 aromatic carbocycles. The van der Waals surface area contributed by atoms with Crippen molar-refractivity contribution in [2.24, 2.45) is 5.92 Å². The van der Waals surface area contributed by atoms with E-state index in [4.69, 9.17) is 0 Å². The monoisotopic (exact) mass is 437 g/mol. The summed E-state index contributed by atoms with van der Waals surface area (Å²) in [5.41, 5.74) is 2.78. The molecule has 2 aromatic rings. The van der Waals surface area contributed by atoms with Gasteiger partial charge in [-0.3, -0.25) is 14.4 Å². The molecule has 4 rings (SSSR count). The first-order valence-corrected chi connectivity index (χ1v) is 11.7. The van der Waals surface area contributed by atoms with E-state index in [1.54, 1.807) is 16.7 Å². The Kier molecular flexibility index (Phi) is 6.32. The van der Waals surface area contributed by atoms with Crippen LogP contribution in [0.2, 0.25) is 0 Å². The molecule has 1 fully saturated rings. The van der Waals surface area contributed by atoms with E-state index in [2.05, 4.69) is 10.6 Å². The van der Waals surface area contributed by atoms with Crippen molar-refractivity contribution < 1.29 is 14.4 Å². The number of hydrogen-bond acceptors (Lipinski definition) is 4. The van der Waals surface area contributed by atoms with Crippen molar-refractivity contribution in [3.05, 3.63) is 71.3 Å². The van der Waals surface area contributed by atoms with Gasteiger partial charge in [-0.15, -0.1) is 11.8 Å². The van der Waals surface area contributed by atoms with E-state index >= 15 is 0 Å². The van der Waals surface area contributed by atoms with E-state index < -0.39 is 12.1 Å². The fourth-order valence-electron chi connectivity index (χ4n) is 4.11. The van der Waals surface area contributed by atoms with E-state index in [-0.39, 0.29) is 29.0 Å². The van der Waals surface area contributed by atoms with Gasteiger partial charge in [0, 0.05) is 17.9 Å². The van der Waals surface area contributed by atoms with E-state index in [1.807, 2.05) is 68.4 Å². The van der Waals surface area contributed by atoms with Crippen LogP contribution >= 0.6 is 11.8 Å². The van der Waals surface area contributed by atoms with Gasteiger partial charge in [0.15, 0.2) is 0 Å². The van der Waals surface area contributed by atoms with Crippen LogP contribution in [0.4, 0.5) is 0 Å². The summed E-state index contributed by atoms with van der Waals surface area (Å²) in [7, 11) is 0. The molecule has 1 saturated heterocycles. The fraction of sp³-hybridized carbons (Fsp3) is 0.375. The zero-order valence-electron chi connectivity index (χ0n) is 17.7. The summed E-state index contributed by atoms with van der Waals surface area (Å²) in [5.74, 6) is -0.126. The predicted molar refractivity (Wildman–Crippen MR) is 122 cm³/mol. The molecule has 2 heterocycles. The third-order valence-electron chi connectivity index (χ3n) is 5.80. The van der Waals surface area contributed by atoms with Crippen LogP contribution in [0.25, 0.3) is 0 Å². The zero-order chi connectivity index (χ0) is 22.0. The largest absolute Gasteiger partial charge is 0.354 e. The van der Waals surface area contributed by atoms with Crippen LogP contribution in [0, 0.1) is 5.92 Å². The second-order valence-electron chi connectivity index (χ2n) is 8.26. The lowest BCUT2D eigenvalue weighted by Crippen LogP contribution is -2.55. The Morgan fingerprint density at radius 1 is 1.10 bits per heavy atom. The van der Waals surface area contributed by atoms with Gasteiger partial charge in [0.25, 0.3) is 5.91 Å². The summed E-state index contributed by atoms with van der Waals surface area (Å²) >= 11 is 1.59. The summed E-state index contributed by atoms with van der Waals surface area (Å²) in [5, 5.41) is 5.72. The second-order valence-corrected chi connectivity index (χ2v) is 9.37. The highest BCUT2D eigenvalue weighted by Gasteiger charge is 2.48. The number of nitrogens with zero attached hydrogens (tertiary/aromatic N) is 1. The van der Waals surface area contributed by atoms with Crippen molar-refractivity contribution in [3.8, 4) is 0 Å². The van der Waals surface area contributed by atoms with Crippen LogP contribution in [0.15, 0.2) is 54.6 Å². The molecule has 7 heteroatoms. The van der Waals surface area contributed by atoms with Crippen molar-refractivity contribution in [3.63, 3.8) is 0 Å². The smallest absolute Gasteiger partial charge is 0.256 e. The first kappa shape index (κ1) is 21.4. The maximum atomic E-state index is 13.1. The number of benzene rings is 2. The molecular formula is C24H27N3O3S. The molecule has 0 spiro atoms. The maximum Gasteiger partial charge on any atom is 0.256 e. The first-order chi connectivity index (χ1) is 15.0. The SMILES string of the molecule is CC(C)[C@H](NC(=O)[C@@H]1CS[C@@H]2c3ccccc3C(=O)N21)C(=O)NCCc1ccccc1. The molecule has 2 aliphatic rings. The molecule has 0 aromatic heterocycles. The number of carbonyl (C=O) groups excluding carboxylic acids is 3. The lowest BCUT2D eigenvalue weighted by atomic mass is 10.0. The summed E-state index contributed by atoms with van der Waals surface area (Å²) < 4.78 is 0. The summed E-state index contributed by atoms with van der Waals surface area (Å²) in [6, 6.07) is 16.2. The normalized spacial score (nSPS) is 20.4. The van der Waals surface area contributed by atoms with Crippen molar-refractivity contribution in [2.45, 2.75) is 37.7 Å². The van der Waals surface area contributed by atoms with Gasteiger partial charge >= 0.3 is 0 Å². The maximum absolute atomic E-state index is 13.1. The molecule has 0 unspecified atom stereocenters. The minimum absolute atomic E-state index is 0.0722. The Hall–Kier alpha value is -2.80. The Morgan fingerprint density at radius 2 is 1.81 bits per heavy atom. The molecule has 0 aliphatic carbocycles. The molecule has 2 N–H and O–H groups in total. The molecule has 162 valence electrons. The zero-order valence-corrected chi connectivity index (χ0v) is 18.5. The van der Waals surface area contributed by atoms with E-state index in [0.717, 1.165) is 17.5 Å². The Labute approximate surface area is 186 Å². The number of rotatable bonds is 7. The Morgan fingerprint density at radius 3 is 2.55 bits per heavy atom. The number of amides is 3. The van der Waals surface area contributed by atoms with Crippen LogP contribution in [0.5, 0.6) is 0 Å². The molecule has 3 atom stereocenters. The predicted octanol–water partition coefficient (Wildman–Crippen LogP) is 2.76. The van der Waals surface area contributed by atoms with E-state index in [0.29, 0.717) is 17.9 Å². The lowest BCUT2D eigenvalue weighted by molar-refractivity contribution is -0.131. The van der Waals surface area contributed by atoms with Crippen molar-refractivity contribution in [1.82, 2.24) is 15.5 Å². The van der Waals surface area contributed by atoms with Gasteiger partial charge in [-0.05, 0) is 29.5 Å². The summed E-state index contributed by atoms with van der Waals surface area (Å²) in [6.07, 6.45) is 0.729.